The fourth-order valence-corrected chi connectivity index (χ4v) is 2.47. The summed E-state index contributed by atoms with van der Waals surface area (Å²) in [6.07, 6.45) is 0. The van der Waals surface area contributed by atoms with Crippen LogP contribution >= 0.6 is 0 Å². The van der Waals surface area contributed by atoms with Crippen molar-refractivity contribution in [1.29, 1.82) is 0 Å². The van der Waals surface area contributed by atoms with Crippen molar-refractivity contribution in [2.24, 2.45) is 0 Å². The molecule has 0 amide bonds. The van der Waals surface area contributed by atoms with Gasteiger partial charge in [0.2, 0.25) is 5.82 Å². The summed E-state index contributed by atoms with van der Waals surface area (Å²) in [6, 6.07) is 6.44. The minimum absolute atomic E-state index is 0.217. The third-order valence-electron chi connectivity index (χ3n) is 3.88. The summed E-state index contributed by atoms with van der Waals surface area (Å²) in [5.74, 6) is 0.514. The van der Waals surface area contributed by atoms with E-state index in [-0.39, 0.29) is 5.82 Å². The lowest BCUT2D eigenvalue weighted by Crippen LogP contribution is -2.10. The Balaban J connectivity index is 1.96. The fourth-order valence-electron chi connectivity index (χ4n) is 2.47. The van der Waals surface area contributed by atoms with Crippen LogP contribution < -0.4 is 5.73 Å². The molecule has 0 saturated heterocycles. The molecule has 124 valence electrons. The number of benzene rings is 1. The maximum Gasteiger partial charge on any atom is 0.390 e. The van der Waals surface area contributed by atoms with E-state index in [1.165, 1.54) is 10.7 Å². The molecule has 0 aliphatic carbocycles. The van der Waals surface area contributed by atoms with Crippen LogP contribution in [-0.4, -0.2) is 24.8 Å². The van der Waals surface area contributed by atoms with Gasteiger partial charge in [-0.05, 0) is 37.3 Å². The van der Waals surface area contributed by atoms with Gasteiger partial charge in [-0.15, -0.1) is 0 Å². The van der Waals surface area contributed by atoms with E-state index < -0.39 is 11.0 Å². The van der Waals surface area contributed by atoms with Crippen LogP contribution in [0, 0.1) is 24.0 Å². The summed E-state index contributed by atoms with van der Waals surface area (Å²) in [7, 11) is 0. The van der Waals surface area contributed by atoms with Crippen molar-refractivity contribution < 1.29 is 9.45 Å². The molecule has 0 aliphatic rings. The van der Waals surface area contributed by atoms with Gasteiger partial charge < -0.3 is 20.4 Å². The highest BCUT2D eigenvalue weighted by atomic mass is 16.6. The SMILES string of the molecule is Cc1c(N)cccc1-c1noc(C(C)n2nc([N+](=O)[O-])cc2C)n1. The Bertz CT molecular complexity index is 914. The molecule has 0 fully saturated rings. The lowest BCUT2D eigenvalue weighted by Gasteiger charge is -2.05. The van der Waals surface area contributed by atoms with E-state index >= 15 is 0 Å². The highest BCUT2D eigenvalue weighted by Crippen LogP contribution is 2.27. The molecule has 9 nitrogen and oxygen atoms in total. The van der Waals surface area contributed by atoms with Gasteiger partial charge in [0, 0.05) is 11.3 Å². The minimum Gasteiger partial charge on any atom is -0.398 e. The van der Waals surface area contributed by atoms with E-state index in [4.69, 9.17) is 10.3 Å². The molecule has 0 saturated carbocycles. The zero-order valence-corrected chi connectivity index (χ0v) is 13.4. The van der Waals surface area contributed by atoms with Crippen LogP contribution in [0.4, 0.5) is 11.5 Å². The Morgan fingerprint density at radius 1 is 1.38 bits per heavy atom. The van der Waals surface area contributed by atoms with Crippen LogP contribution in [0.25, 0.3) is 11.4 Å². The van der Waals surface area contributed by atoms with E-state index in [2.05, 4.69) is 15.2 Å². The maximum absolute atomic E-state index is 10.9. The number of rotatable bonds is 4. The van der Waals surface area contributed by atoms with Crippen LogP contribution in [0.2, 0.25) is 0 Å². The molecular formula is C15H16N6O3. The second kappa shape index (κ2) is 5.76. The molecule has 0 aliphatic heterocycles. The first-order valence-corrected chi connectivity index (χ1v) is 7.28. The van der Waals surface area contributed by atoms with E-state index in [9.17, 15) is 10.1 Å². The van der Waals surface area contributed by atoms with Crippen molar-refractivity contribution >= 4 is 11.5 Å². The van der Waals surface area contributed by atoms with Crippen molar-refractivity contribution in [2.75, 3.05) is 5.73 Å². The molecule has 0 radical (unpaired) electrons. The standard InChI is InChI=1S/C15H16N6O3/c1-8-7-13(21(22)23)18-20(8)10(3)15-17-14(19-24-15)11-5-4-6-12(16)9(11)2/h4-7,10H,16H2,1-3H3. The molecule has 2 heterocycles. The van der Waals surface area contributed by atoms with Gasteiger partial charge in [0.25, 0.3) is 5.89 Å². The normalized spacial score (nSPS) is 12.3. The number of nitrogens with zero attached hydrogens (tertiary/aromatic N) is 5. The first-order valence-electron chi connectivity index (χ1n) is 7.28. The van der Waals surface area contributed by atoms with Gasteiger partial charge in [-0.1, -0.05) is 17.3 Å². The molecule has 9 heteroatoms. The molecule has 1 aromatic carbocycles. The van der Waals surface area contributed by atoms with Gasteiger partial charge in [-0.3, -0.25) is 0 Å². The van der Waals surface area contributed by atoms with Gasteiger partial charge >= 0.3 is 5.82 Å². The summed E-state index contributed by atoms with van der Waals surface area (Å²) in [5, 5.41) is 18.8. The largest absolute Gasteiger partial charge is 0.398 e. The predicted molar refractivity (Wildman–Crippen MR) is 86.3 cm³/mol. The van der Waals surface area contributed by atoms with E-state index in [1.807, 2.05) is 19.1 Å². The van der Waals surface area contributed by atoms with Crippen LogP contribution in [0.3, 0.4) is 0 Å². The number of aryl methyl sites for hydroxylation is 1. The molecule has 2 aromatic heterocycles. The number of nitrogen functional groups attached to an aromatic ring is 1. The maximum atomic E-state index is 10.9. The Morgan fingerprint density at radius 3 is 2.79 bits per heavy atom. The quantitative estimate of drug-likeness (QED) is 0.443. The van der Waals surface area contributed by atoms with Crippen molar-refractivity contribution in [1.82, 2.24) is 19.9 Å². The molecule has 1 atom stereocenters. The number of hydrogen-bond donors (Lipinski definition) is 1. The van der Waals surface area contributed by atoms with E-state index in [0.717, 1.165) is 11.1 Å². The van der Waals surface area contributed by atoms with Gasteiger partial charge in [0.05, 0.1) is 16.9 Å². The van der Waals surface area contributed by atoms with Crippen LogP contribution in [0.5, 0.6) is 0 Å². The summed E-state index contributed by atoms with van der Waals surface area (Å²) in [4.78, 5) is 14.7. The van der Waals surface area contributed by atoms with Crippen molar-refractivity contribution in [3.8, 4) is 11.4 Å². The number of nitrogens with two attached hydrogens (primary N) is 1. The lowest BCUT2D eigenvalue weighted by molar-refractivity contribution is -0.389. The third-order valence-corrected chi connectivity index (χ3v) is 3.88. The second-order valence-corrected chi connectivity index (χ2v) is 5.50. The third kappa shape index (κ3) is 2.60. The zero-order chi connectivity index (χ0) is 17.4. The number of hydrogen-bond acceptors (Lipinski definition) is 7. The molecule has 24 heavy (non-hydrogen) atoms. The van der Waals surface area contributed by atoms with Crippen molar-refractivity contribution in [3.05, 3.63) is 51.5 Å². The Hall–Kier alpha value is -3.23. The first-order chi connectivity index (χ1) is 11.4. The average molecular weight is 328 g/mol. The fraction of sp³-hybridized carbons (Fsp3) is 0.267. The average Bonchev–Trinajstić information content (AvgIpc) is 3.16. The number of aromatic nitrogens is 4. The van der Waals surface area contributed by atoms with E-state index in [0.29, 0.717) is 23.1 Å². The highest BCUT2D eigenvalue weighted by Gasteiger charge is 2.25. The summed E-state index contributed by atoms with van der Waals surface area (Å²) < 4.78 is 6.81. The Kier molecular flexibility index (Phi) is 3.76. The Morgan fingerprint density at radius 2 is 2.12 bits per heavy atom. The number of anilines is 1. The first kappa shape index (κ1) is 15.7. The lowest BCUT2D eigenvalue weighted by atomic mass is 10.1. The molecule has 2 N–H and O–H groups in total. The van der Waals surface area contributed by atoms with Crippen LogP contribution in [0.15, 0.2) is 28.8 Å². The van der Waals surface area contributed by atoms with Crippen LogP contribution in [-0.2, 0) is 0 Å². The summed E-state index contributed by atoms with van der Waals surface area (Å²) >= 11 is 0. The smallest absolute Gasteiger partial charge is 0.390 e. The van der Waals surface area contributed by atoms with Gasteiger partial charge in [0.15, 0.2) is 0 Å². The summed E-state index contributed by atoms with van der Waals surface area (Å²) in [6.45, 7) is 5.40. The van der Waals surface area contributed by atoms with Gasteiger partial charge in [-0.2, -0.15) is 9.67 Å². The molecule has 3 aromatic rings. The molecule has 0 spiro atoms. The molecular weight excluding hydrogens is 312 g/mol. The second-order valence-electron chi connectivity index (χ2n) is 5.50. The minimum atomic E-state index is -0.536. The molecule has 1 unspecified atom stereocenters. The topological polar surface area (TPSA) is 126 Å². The monoisotopic (exact) mass is 328 g/mol. The molecule has 0 bridgehead atoms. The van der Waals surface area contributed by atoms with Gasteiger partial charge in [0.1, 0.15) is 6.04 Å². The number of nitro groups is 1. The van der Waals surface area contributed by atoms with E-state index in [1.54, 1.807) is 19.9 Å². The molecule has 3 rings (SSSR count). The Labute approximate surface area is 137 Å². The van der Waals surface area contributed by atoms with Crippen molar-refractivity contribution in [3.63, 3.8) is 0 Å². The van der Waals surface area contributed by atoms with Gasteiger partial charge in [-0.25, -0.2) is 0 Å². The highest BCUT2D eigenvalue weighted by molar-refractivity contribution is 5.67. The van der Waals surface area contributed by atoms with Crippen LogP contribution in [0.1, 0.15) is 30.1 Å². The summed E-state index contributed by atoms with van der Waals surface area (Å²) in [5.41, 5.74) is 8.82. The predicted octanol–water partition coefficient (Wildman–Crippen LogP) is 2.65. The zero-order valence-electron chi connectivity index (χ0n) is 13.4. The van der Waals surface area contributed by atoms with Crippen molar-refractivity contribution in [2.45, 2.75) is 26.8 Å².